The molecular weight excluding hydrogens is 154 g/mol. The van der Waals surface area contributed by atoms with Crippen molar-refractivity contribution in [2.45, 2.75) is 33.1 Å². The molecule has 0 fully saturated rings. The highest BCUT2D eigenvalue weighted by Gasteiger charge is 2.12. The summed E-state index contributed by atoms with van der Waals surface area (Å²) in [6, 6.07) is 2.04. The Kier molecular flexibility index (Phi) is 6.08. The largest absolute Gasteiger partial charge is 0.466 e. The number of carbonyl (C=O) groups excluding carboxylic acids is 1. The number of esters is 1. The van der Waals surface area contributed by atoms with Gasteiger partial charge in [0.1, 0.15) is 0 Å². The van der Waals surface area contributed by atoms with E-state index in [2.05, 4.69) is 0 Å². The second-order valence-corrected chi connectivity index (χ2v) is 2.70. The molecule has 0 radical (unpaired) electrons. The summed E-state index contributed by atoms with van der Waals surface area (Å²) in [5.41, 5.74) is 0. The van der Waals surface area contributed by atoms with Crippen LogP contribution in [0.5, 0.6) is 0 Å². The van der Waals surface area contributed by atoms with Gasteiger partial charge in [0, 0.05) is 6.42 Å². The highest BCUT2D eigenvalue weighted by atomic mass is 16.5. The molecular formula is C9H15NO2. The molecule has 68 valence electrons. The number of carbonyl (C=O) groups is 1. The van der Waals surface area contributed by atoms with Crippen LogP contribution >= 0.6 is 0 Å². The Morgan fingerprint density at radius 2 is 2.33 bits per heavy atom. The van der Waals surface area contributed by atoms with Crippen molar-refractivity contribution in [3.8, 4) is 6.07 Å². The van der Waals surface area contributed by atoms with Crippen molar-refractivity contribution >= 4 is 5.97 Å². The first-order valence-electron chi connectivity index (χ1n) is 4.26. The zero-order valence-corrected chi connectivity index (χ0v) is 7.67. The number of ether oxygens (including phenoxy) is 1. The molecule has 3 nitrogen and oxygen atoms in total. The summed E-state index contributed by atoms with van der Waals surface area (Å²) in [6.07, 6.45) is 2.03. The molecule has 0 aromatic carbocycles. The van der Waals surface area contributed by atoms with Gasteiger partial charge in [-0.15, -0.1) is 0 Å². The van der Waals surface area contributed by atoms with Gasteiger partial charge in [-0.1, -0.05) is 6.92 Å². The lowest BCUT2D eigenvalue weighted by atomic mass is 10.1. The van der Waals surface area contributed by atoms with Gasteiger partial charge in [0.25, 0.3) is 0 Å². The van der Waals surface area contributed by atoms with E-state index in [-0.39, 0.29) is 11.9 Å². The second kappa shape index (κ2) is 6.66. The number of nitriles is 1. The van der Waals surface area contributed by atoms with Crippen LogP contribution < -0.4 is 0 Å². The molecule has 0 aliphatic heterocycles. The maximum absolute atomic E-state index is 11.0. The highest BCUT2D eigenvalue weighted by Crippen LogP contribution is 2.08. The number of rotatable bonds is 5. The summed E-state index contributed by atoms with van der Waals surface area (Å²) in [7, 11) is 0. The summed E-state index contributed by atoms with van der Waals surface area (Å²) in [4.78, 5) is 11.0. The lowest BCUT2D eigenvalue weighted by molar-refractivity contribution is -0.147. The van der Waals surface area contributed by atoms with Crippen molar-refractivity contribution in [2.24, 2.45) is 5.92 Å². The predicted molar refractivity (Wildman–Crippen MR) is 45.3 cm³/mol. The predicted octanol–water partition coefficient (Wildman–Crippen LogP) is 1.88. The average molecular weight is 169 g/mol. The molecule has 3 heteroatoms. The first kappa shape index (κ1) is 11.0. The van der Waals surface area contributed by atoms with E-state index in [9.17, 15) is 4.79 Å². The zero-order valence-electron chi connectivity index (χ0n) is 7.67. The van der Waals surface area contributed by atoms with Crippen LogP contribution in [0, 0.1) is 17.2 Å². The van der Waals surface area contributed by atoms with Crippen molar-refractivity contribution in [1.29, 1.82) is 5.26 Å². The third-order valence-electron chi connectivity index (χ3n) is 1.61. The lowest BCUT2D eigenvalue weighted by Crippen LogP contribution is -2.14. The van der Waals surface area contributed by atoms with Gasteiger partial charge in [0.05, 0.1) is 18.6 Å². The quantitative estimate of drug-likeness (QED) is 0.466. The van der Waals surface area contributed by atoms with Gasteiger partial charge in [-0.25, -0.2) is 0 Å². The smallest absolute Gasteiger partial charge is 0.308 e. The lowest BCUT2D eigenvalue weighted by Gasteiger charge is -2.08. The summed E-state index contributed by atoms with van der Waals surface area (Å²) in [5.74, 6) is -0.228. The topological polar surface area (TPSA) is 50.1 Å². The highest BCUT2D eigenvalue weighted by molar-refractivity contribution is 5.71. The molecule has 0 saturated carbocycles. The van der Waals surface area contributed by atoms with Crippen molar-refractivity contribution in [3.63, 3.8) is 0 Å². The first-order valence-corrected chi connectivity index (χ1v) is 4.26. The summed E-state index contributed by atoms with van der Waals surface area (Å²) >= 11 is 0. The molecule has 0 saturated heterocycles. The van der Waals surface area contributed by atoms with E-state index in [0.717, 1.165) is 12.8 Å². The van der Waals surface area contributed by atoms with Crippen LogP contribution in [-0.4, -0.2) is 12.6 Å². The Balaban J connectivity index is 3.51. The van der Waals surface area contributed by atoms with E-state index in [1.165, 1.54) is 0 Å². The molecule has 0 N–H and O–H groups in total. The maximum Gasteiger partial charge on any atom is 0.308 e. The number of hydrogen-bond donors (Lipinski definition) is 0. The normalized spacial score (nSPS) is 11.8. The van der Waals surface area contributed by atoms with Crippen LogP contribution in [0.15, 0.2) is 0 Å². The molecule has 12 heavy (non-hydrogen) atoms. The Labute approximate surface area is 73.3 Å². The minimum atomic E-state index is -0.157. The minimum absolute atomic E-state index is 0.0710. The molecule has 0 bridgehead atoms. The molecule has 1 atom stereocenters. The second-order valence-electron chi connectivity index (χ2n) is 2.70. The fourth-order valence-electron chi connectivity index (χ4n) is 0.890. The van der Waals surface area contributed by atoms with Crippen molar-refractivity contribution < 1.29 is 9.53 Å². The molecule has 0 aromatic heterocycles. The average Bonchev–Trinajstić information content (AvgIpc) is 2.05. The summed E-state index contributed by atoms with van der Waals surface area (Å²) < 4.78 is 4.81. The van der Waals surface area contributed by atoms with Gasteiger partial charge in [0.15, 0.2) is 0 Å². The third-order valence-corrected chi connectivity index (χ3v) is 1.61. The van der Waals surface area contributed by atoms with Crippen LogP contribution in [0.3, 0.4) is 0 Å². The van der Waals surface area contributed by atoms with E-state index in [0.29, 0.717) is 13.0 Å². The Hall–Kier alpha value is -1.04. The first-order chi connectivity index (χ1) is 5.72. The number of unbranched alkanes of at least 4 members (excludes halogenated alkanes) is 1. The van der Waals surface area contributed by atoms with Crippen molar-refractivity contribution in [2.75, 3.05) is 6.61 Å². The van der Waals surface area contributed by atoms with E-state index >= 15 is 0 Å². The Bertz CT molecular complexity index is 172. The van der Waals surface area contributed by atoms with E-state index < -0.39 is 0 Å². The van der Waals surface area contributed by atoms with E-state index in [1.807, 2.05) is 13.0 Å². The number of nitrogens with zero attached hydrogens (tertiary/aromatic N) is 1. The number of hydrogen-bond acceptors (Lipinski definition) is 3. The van der Waals surface area contributed by atoms with Crippen LogP contribution in [0.4, 0.5) is 0 Å². The molecule has 0 spiro atoms. The molecule has 1 unspecified atom stereocenters. The molecule has 0 aromatic rings. The monoisotopic (exact) mass is 169 g/mol. The Morgan fingerprint density at radius 3 is 2.83 bits per heavy atom. The third kappa shape index (κ3) is 4.73. The van der Waals surface area contributed by atoms with Crippen molar-refractivity contribution in [1.82, 2.24) is 0 Å². The molecule has 0 amide bonds. The fourth-order valence-corrected chi connectivity index (χ4v) is 0.890. The van der Waals surface area contributed by atoms with Gasteiger partial charge in [-0.05, 0) is 19.8 Å². The molecule has 0 heterocycles. The molecule has 0 aliphatic carbocycles. The summed E-state index contributed by atoms with van der Waals surface area (Å²) in [5, 5.41) is 8.25. The van der Waals surface area contributed by atoms with Crippen LogP contribution in [0.1, 0.15) is 33.1 Å². The molecule has 0 rings (SSSR count). The van der Waals surface area contributed by atoms with Gasteiger partial charge in [0.2, 0.25) is 0 Å². The zero-order chi connectivity index (χ0) is 9.40. The van der Waals surface area contributed by atoms with E-state index in [1.54, 1.807) is 6.92 Å². The van der Waals surface area contributed by atoms with Crippen LogP contribution in [0.25, 0.3) is 0 Å². The van der Waals surface area contributed by atoms with Crippen LogP contribution in [-0.2, 0) is 9.53 Å². The van der Waals surface area contributed by atoms with Crippen LogP contribution in [0.2, 0.25) is 0 Å². The van der Waals surface area contributed by atoms with Gasteiger partial charge in [-0.3, -0.25) is 4.79 Å². The van der Waals surface area contributed by atoms with Gasteiger partial charge < -0.3 is 4.74 Å². The standard InChI is InChI=1S/C9H15NO2/c1-3-12-9(11)8(2)6-4-5-7-10/h8H,3-6H2,1-2H3. The molecule has 0 aliphatic rings. The SMILES string of the molecule is CCOC(=O)C(C)CCCC#N. The van der Waals surface area contributed by atoms with Gasteiger partial charge in [-0.2, -0.15) is 5.26 Å². The maximum atomic E-state index is 11.0. The fraction of sp³-hybridized carbons (Fsp3) is 0.778. The minimum Gasteiger partial charge on any atom is -0.466 e. The van der Waals surface area contributed by atoms with Gasteiger partial charge >= 0.3 is 5.97 Å². The van der Waals surface area contributed by atoms with E-state index in [4.69, 9.17) is 10.00 Å². The Morgan fingerprint density at radius 1 is 1.67 bits per heavy atom. The summed E-state index contributed by atoms with van der Waals surface area (Å²) in [6.45, 7) is 4.05. The van der Waals surface area contributed by atoms with Crippen molar-refractivity contribution in [3.05, 3.63) is 0 Å².